The Labute approximate surface area is 222 Å². The fraction of sp³-hybridized carbons (Fsp3) is 0.308. The van der Waals surface area contributed by atoms with Crippen LogP contribution in [0.4, 0.5) is 9.59 Å². The van der Waals surface area contributed by atoms with E-state index in [1.807, 2.05) is 0 Å². The Morgan fingerprint density at radius 3 is 1.36 bits per heavy atom. The highest BCUT2D eigenvalue weighted by atomic mass is 16.2. The number of nitrogens with one attached hydrogen (secondary N) is 1. The summed E-state index contributed by atoms with van der Waals surface area (Å²) >= 11 is 0. The standard InChI is InChI=1S/C26H25N5O8/c1-28-21(34)17(22(35)29(2)25(28)38)19(32)15-11-27-12-16(14(15)10-13-8-6-5-7-9-13)20(33)18-23(36)30(3)26(39)31(4)24(18)37/h5-9,11-12,14,17-18,27H,10H2,1-4H3. The molecule has 8 amide bonds. The number of rotatable bonds is 6. The average Bonchev–Trinajstić information content (AvgIpc) is 2.93. The first-order chi connectivity index (χ1) is 18.4. The molecule has 1 aromatic carbocycles. The number of carbonyl (C=O) groups excluding carboxylic acids is 8. The lowest BCUT2D eigenvalue weighted by Crippen LogP contribution is -2.60. The Kier molecular flexibility index (Phi) is 7.01. The van der Waals surface area contributed by atoms with Gasteiger partial charge in [-0.15, -0.1) is 0 Å². The van der Waals surface area contributed by atoms with E-state index in [0.717, 1.165) is 28.2 Å². The topological polar surface area (TPSA) is 162 Å². The summed E-state index contributed by atoms with van der Waals surface area (Å²) in [5.41, 5.74) is 0.431. The molecule has 3 aliphatic heterocycles. The molecule has 39 heavy (non-hydrogen) atoms. The molecule has 1 aromatic rings. The molecule has 0 unspecified atom stereocenters. The molecule has 0 spiro atoms. The molecule has 13 heteroatoms. The monoisotopic (exact) mass is 535 g/mol. The molecule has 0 aliphatic carbocycles. The first kappa shape index (κ1) is 27.1. The van der Waals surface area contributed by atoms with Crippen LogP contribution in [0.3, 0.4) is 0 Å². The maximum absolute atomic E-state index is 13.7. The molecule has 0 radical (unpaired) electrons. The molecule has 2 saturated heterocycles. The lowest BCUT2D eigenvalue weighted by Gasteiger charge is -2.35. The third-order valence-electron chi connectivity index (χ3n) is 7.06. The second kappa shape index (κ2) is 10.1. The highest BCUT2D eigenvalue weighted by Gasteiger charge is 2.51. The van der Waals surface area contributed by atoms with Gasteiger partial charge in [0.25, 0.3) is 23.6 Å². The number of urea groups is 2. The summed E-state index contributed by atoms with van der Waals surface area (Å²) in [5, 5.41) is 2.66. The molecule has 202 valence electrons. The number of nitrogens with zero attached hydrogens (tertiary/aromatic N) is 4. The van der Waals surface area contributed by atoms with Gasteiger partial charge in [0.1, 0.15) is 0 Å². The van der Waals surface area contributed by atoms with Crippen LogP contribution in [0.25, 0.3) is 0 Å². The van der Waals surface area contributed by atoms with Crippen LogP contribution >= 0.6 is 0 Å². The Bertz CT molecular complexity index is 1270. The molecule has 0 atom stereocenters. The van der Waals surface area contributed by atoms with Crippen molar-refractivity contribution >= 4 is 47.3 Å². The maximum Gasteiger partial charge on any atom is 0.332 e. The number of dihydropyridines is 1. The summed E-state index contributed by atoms with van der Waals surface area (Å²) in [6.45, 7) is 0. The van der Waals surface area contributed by atoms with Gasteiger partial charge in [-0.25, -0.2) is 9.59 Å². The average molecular weight is 536 g/mol. The van der Waals surface area contributed by atoms with Crippen LogP contribution in [-0.4, -0.2) is 95.0 Å². The van der Waals surface area contributed by atoms with Crippen molar-refractivity contribution in [3.8, 4) is 0 Å². The smallest absolute Gasteiger partial charge is 0.332 e. The van der Waals surface area contributed by atoms with E-state index >= 15 is 0 Å². The second-order valence-corrected chi connectivity index (χ2v) is 9.36. The molecule has 3 aliphatic rings. The van der Waals surface area contributed by atoms with Crippen molar-refractivity contribution in [3.63, 3.8) is 0 Å². The maximum atomic E-state index is 13.7. The van der Waals surface area contributed by atoms with Gasteiger partial charge in [0.05, 0.1) is 0 Å². The third kappa shape index (κ3) is 4.41. The van der Waals surface area contributed by atoms with Gasteiger partial charge in [0.2, 0.25) is 0 Å². The van der Waals surface area contributed by atoms with Crippen molar-refractivity contribution in [2.75, 3.05) is 28.2 Å². The first-order valence-electron chi connectivity index (χ1n) is 11.8. The fourth-order valence-electron chi connectivity index (χ4n) is 4.74. The number of carbonyl (C=O) groups is 8. The zero-order valence-electron chi connectivity index (χ0n) is 21.5. The molecular weight excluding hydrogens is 510 g/mol. The van der Waals surface area contributed by atoms with E-state index in [2.05, 4.69) is 5.32 Å². The number of hydrogen-bond acceptors (Lipinski definition) is 9. The van der Waals surface area contributed by atoms with Gasteiger partial charge >= 0.3 is 12.1 Å². The molecule has 13 nitrogen and oxygen atoms in total. The minimum atomic E-state index is -1.87. The van der Waals surface area contributed by atoms with Gasteiger partial charge in [-0.2, -0.15) is 0 Å². The van der Waals surface area contributed by atoms with Crippen molar-refractivity contribution in [1.29, 1.82) is 0 Å². The number of hydrogen-bond donors (Lipinski definition) is 1. The molecule has 4 rings (SSSR count). The van der Waals surface area contributed by atoms with Crippen LogP contribution in [0.1, 0.15) is 5.56 Å². The summed E-state index contributed by atoms with van der Waals surface area (Å²) in [4.78, 5) is 106. The third-order valence-corrected chi connectivity index (χ3v) is 7.06. The van der Waals surface area contributed by atoms with Crippen LogP contribution in [0.2, 0.25) is 0 Å². The lowest BCUT2D eigenvalue weighted by atomic mass is 9.75. The lowest BCUT2D eigenvalue weighted by molar-refractivity contribution is -0.153. The Morgan fingerprint density at radius 1 is 0.641 bits per heavy atom. The van der Waals surface area contributed by atoms with Gasteiger partial charge in [-0.1, -0.05) is 30.3 Å². The predicted molar refractivity (Wildman–Crippen MR) is 132 cm³/mol. The van der Waals surface area contributed by atoms with Gasteiger partial charge in [-0.3, -0.25) is 48.4 Å². The van der Waals surface area contributed by atoms with Crippen molar-refractivity contribution in [2.24, 2.45) is 17.8 Å². The van der Waals surface area contributed by atoms with Crippen LogP contribution < -0.4 is 5.32 Å². The van der Waals surface area contributed by atoms with Crippen molar-refractivity contribution in [3.05, 3.63) is 59.4 Å². The van der Waals surface area contributed by atoms with E-state index < -0.39 is 65.0 Å². The van der Waals surface area contributed by atoms with Gasteiger partial charge in [0.15, 0.2) is 23.4 Å². The van der Waals surface area contributed by atoms with E-state index in [0.29, 0.717) is 25.2 Å². The summed E-state index contributed by atoms with van der Waals surface area (Å²) in [5.74, 6) is -10.8. The van der Waals surface area contributed by atoms with E-state index in [1.54, 1.807) is 30.3 Å². The van der Waals surface area contributed by atoms with E-state index in [-0.39, 0.29) is 17.6 Å². The minimum Gasteiger partial charge on any atom is -0.367 e. The number of barbiturate groups is 2. The molecule has 0 saturated carbocycles. The van der Waals surface area contributed by atoms with Crippen LogP contribution in [0.5, 0.6) is 0 Å². The predicted octanol–water partition coefficient (Wildman–Crippen LogP) is -0.312. The minimum absolute atomic E-state index is 0.0388. The van der Waals surface area contributed by atoms with Crippen molar-refractivity contribution < 1.29 is 38.4 Å². The summed E-state index contributed by atoms with van der Waals surface area (Å²) in [6, 6.07) is 6.93. The Hall–Kier alpha value is -4.94. The zero-order valence-corrected chi connectivity index (χ0v) is 21.5. The Morgan fingerprint density at radius 2 is 1.00 bits per heavy atom. The fourth-order valence-corrected chi connectivity index (χ4v) is 4.74. The quantitative estimate of drug-likeness (QED) is 0.482. The second-order valence-electron chi connectivity index (χ2n) is 9.36. The summed E-state index contributed by atoms with van der Waals surface area (Å²) < 4.78 is 0. The molecule has 1 N–H and O–H groups in total. The van der Waals surface area contributed by atoms with Gasteiger partial charge < -0.3 is 5.32 Å². The first-order valence-corrected chi connectivity index (χ1v) is 11.8. The molecular formula is C26H25N5O8. The molecule has 0 bridgehead atoms. The van der Waals surface area contributed by atoms with Crippen molar-refractivity contribution in [2.45, 2.75) is 6.42 Å². The molecule has 0 aromatic heterocycles. The normalized spacial score (nSPS) is 19.9. The highest BCUT2D eigenvalue weighted by Crippen LogP contribution is 2.34. The van der Waals surface area contributed by atoms with E-state index in [9.17, 15) is 38.4 Å². The van der Waals surface area contributed by atoms with Gasteiger partial charge in [-0.05, 0) is 12.0 Å². The number of benzene rings is 1. The van der Waals surface area contributed by atoms with Crippen LogP contribution in [0.15, 0.2) is 53.9 Å². The summed E-state index contributed by atoms with van der Waals surface area (Å²) in [7, 11) is 4.58. The van der Waals surface area contributed by atoms with Crippen molar-refractivity contribution in [1.82, 2.24) is 24.9 Å². The van der Waals surface area contributed by atoms with E-state index in [1.165, 1.54) is 12.4 Å². The number of ketones is 2. The zero-order chi connectivity index (χ0) is 28.8. The number of imide groups is 4. The van der Waals surface area contributed by atoms with E-state index in [4.69, 9.17) is 0 Å². The molecule has 2 fully saturated rings. The number of Topliss-reactive ketones (excluding diaryl/α,β-unsaturated/α-hetero) is 2. The van der Waals surface area contributed by atoms with Crippen LogP contribution in [0, 0.1) is 17.8 Å². The Balaban J connectivity index is 1.75. The largest absolute Gasteiger partial charge is 0.367 e. The summed E-state index contributed by atoms with van der Waals surface area (Å²) in [6.07, 6.45) is 2.53. The number of allylic oxidation sites excluding steroid dienone is 2. The molecule has 3 heterocycles. The SMILES string of the molecule is CN1C(=O)C(C(=O)C2=CNC=C(C(=O)C3C(=O)N(C)C(=O)N(C)C3=O)C2Cc2ccccc2)C(=O)N(C)C1=O. The van der Waals surface area contributed by atoms with Gasteiger partial charge in [0, 0.05) is 57.7 Å². The van der Waals surface area contributed by atoms with Crippen LogP contribution in [-0.2, 0) is 35.2 Å². The number of amides is 8. The highest BCUT2D eigenvalue weighted by molar-refractivity contribution is 6.31.